The topological polar surface area (TPSA) is 57.6 Å². The molecule has 0 aromatic carbocycles. The summed E-state index contributed by atoms with van der Waals surface area (Å²) in [4.78, 5) is 23.6. The van der Waals surface area contributed by atoms with Crippen LogP contribution in [0.25, 0.3) is 0 Å². The van der Waals surface area contributed by atoms with Gasteiger partial charge in [0.05, 0.1) is 0 Å². The van der Waals surface area contributed by atoms with E-state index in [0.29, 0.717) is 19.4 Å². The number of carbonyl (C=O) groups is 2. The van der Waals surface area contributed by atoms with Gasteiger partial charge in [0.1, 0.15) is 6.04 Å². The molecule has 0 spiro atoms. The zero-order valence-corrected chi connectivity index (χ0v) is 8.32. The molecule has 1 saturated heterocycles. The van der Waals surface area contributed by atoms with E-state index in [-0.39, 0.29) is 5.91 Å². The lowest BCUT2D eigenvalue weighted by Gasteiger charge is -2.22. The number of aliphatic carboxylic acids is 1. The van der Waals surface area contributed by atoms with Crippen molar-refractivity contribution >= 4 is 11.9 Å². The Hall–Kier alpha value is -1.32. The second kappa shape index (κ2) is 4.26. The van der Waals surface area contributed by atoms with Crippen LogP contribution in [0.2, 0.25) is 0 Å². The number of amides is 1. The number of hydrogen-bond acceptors (Lipinski definition) is 2. The predicted octanol–water partition coefficient (Wildman–Crippen LogP) is 1.03. The van der Waals surface area contributed by atoms with Crippen molar-refractivity contribution in [1.29, 1.82) is 0 Å². The maximum Gasteiger partial charge on any atom is 0.326 e. The number of carboxylic acids is 1. The molecule has 4 heteroatoms. The Morgan fingerprint density at radius 2 is 2.36 bits per heavy atom. The molecule has 1 heterocycles. The third-order valence-electron chi connectivity index (χ3n) is 2.51. The maximum atomic E-state index is 11.4. The lowest BCUT2D eigenvalue weighted by Crippen LogP contribution is -2.39. The van der Waals surface area contributed by atoms with Gasteiger partial charge in [-0.15, -0.1) is 0 Å². The first-order chi connectivity index (χ1) is 6.56. The number of carboxylic acid groups (broad SMARTS) is 1. The molecule has 1 unspecified atom stereocenters. The van der Waals surface area contributed by atoms with Crippen LogP contribution in [0.5, 0.6) is 0 Å². The molecule has 78 valence electrons. The van der Waals surface area contributed by atoms with Gasteiger partial charge < -0.3 is 10.0 Å². The van der Waals surface area contributed by atoms with E-state index in [4.69, 9.17) is 5.11 Å². The minimum Gasteiger partial charge on any atom is -0.480 e. The summed E-state index contributed by atoms with van der Waals surface area (Å²) < 4.78 is 0. The monoisotopic (exact) mass is 197 g/mol. The molecule has 1 N–H and O–H groups in total. The van der Waals surface area contributed by atoms with Gasteiger partial charge in [-0.25, -0.2) is 4.79 Å². The van der Waals surface area contributed by atoms with Gasteiger partial charge in [-0.3, -0.25) is 4.79 Å². The Morgan fingerprint density at radius 3 is 2.86 bits per heavy atom. The Kier molecular flexibility index (Phi) is 3.28. The molecule has 1 aliphatic heterocycles. The fraction of sp³-hybridized carbons (Fsp3) is 0.600. The molecule has 14 heavy (non-hydrogen) atoms. The third kappa shape index (κ3) is 2.13. The molecule has 0 saturated carbocycles. The molecule has 1 amide bonds. The summed E-state index contributed by atoms with van der Waals surface area (Å²) in [5, 5.41) is 8.86. The summed E-state index contributed by atoms with van der Waals surface area (Å²) in [6.07, 6.45) is 1.54. The summed E-state index contributed by atoms with van der Waals surface area (Å²) >= 11 is 0. The van der Waals surface area contributed by atoms with E-state index in [9.17, 15) is 9.59 Å². The molecule has 0 aromatic rings. The maximum absolute atomic E-state index is 11.4. The van der Waals surface area contributed by atoms with Crippen LogP contribution in [0, 0.1) is 0 Å². The fourth-order valence-corrected chi connectivity index (χ4v) is 1.54. The van der Waals surface area contributed by atoms with Crippen LogP contribution >= 0.6 is 0 Å². The Morgan fingerprint density at radius 1 is 1.71 bits per heavy atom. The number of likely N-dealkylation sites (tertiary alicyclic amines) is 1. The number of nitrogens with zero attached hydrogens (tertiary/aromatic N) is 1. The van der Waals surface area contributed by atoms with Crippen LogP contribution < -0.4 is 0 Å². The quantitative estimate of drug-likeness (QED) is 0.685. The van der Waals surface area contributed by atoms with E-state index in [2.05, 4.69) is 6.58 Å². The smallest absolute Gasteiger partial charge is 0.326 e. The molecule has 0 radical (unpaired) electrons. The molecule has 1 aliphatic rings. The molecule has 1 rings (SSSR count). The van der Waals surface area contributed by atoms with Crippen LogP contribution in [0.4, 0.5) is 0 Å². The molecule has 1 fully saturated rings. The molecule has 0 aromatic heterocycles. The van der Waals surface area contributed by atoms with Gasteiger partial charge in [-0.2, -0.15) is 0 Å². The predicted molar refractivity (Wildman–Crippen MR) is 51.8 cm³/mol. The van der Waals surface area contributed by atoms with Crippen LogP contribution in [-0.2, 0) is 9.59 Å². The highest BCUT2D eigenvalue weighted by atomic mass is 16.4. The minimum absolute atomic E-state index is 0.0769. The average molecular weight is 197 g/mol. The fourth-order valence-electron chi connectivity index (χ4n) is 1.54. The molecule has 4 nitrogen and oxygen atoms in total. The summed E-state index contributed by atoms with van der Waals surface area (Å²) in [5.74, 6) is -0.994. The van der Waals surface area contributed by atoms with Gasteiger partial charge in [0.2, 0.25) is 5.91 Å². The van der Waals surface area contributed by atoms with Crippen molar-refractivity contribution in [1.82, 2.24) is 4.90 Å². The minimum atomic E-state index is -0.917. The number of carbonyl (C=O) groups excluding carboxylic acids is 1. The highest BCUT2D eigenvalue weighted by Gasteiger charge is 2.35. The SMILES string of the molecule is C=C(CC)CN1C(=O)CCC1C(=O)O. The number of hydrogen-bond donors (Lipinski definition) is 1. The average Bonchev–Trinajstić information content (AvgIpc) is 2.48. The van der Waals surface area contributed by atoms with E-state index < -0.39 is 12.0 Å². The lowest BCUT2D eigenvalue weighted by atomic mass is 10.2. The Balaban J connectivity index is 2.67. The largest absolute Gasteiger partial charge is 0.480 e. The van der Waals surface area contributed by atoms with Gasteiger partial charge in [-0.1, -0.05) is 19.1 Å². The van der Waals surface area contributed by atoms with Crippen molar-refractivity contribution in [2.45, 2.75) is 32.2 Å². The van der Waals surface area contributed by atoms with Crippen molar-refractivity contribution in [2.75, 3.05) is 6.54 Å². The molecular weight excluding hydrogens is 182 g/mol. The molecule has 0 bridgehead atoms. The van der Waals surface area contributed by atoms with Crippen molar-refractivity contribution in [3.8, 4) is 0 Å². The van der Waals surface area contributed by atoms with E-state index in [1.165, 1.54) is 4.90 Å². The van der Waals surface area contributed by atoms with Gasteiger partial charge in [0, 0.05) is 13.0 Å². The van der Waals surface area contributed by atoms with Crippen LogP contribution in [-0.4, -0.2) is 34.5 Å². The van der Waals surface area contributed by atoms with Gasteiger partial charge in [-0.05, 0) is 12.8 Å². The second-order valence-electron chi connectivity index (χ2n) is 3.52. The van der Waals surface area contributed by atoms with Crippen LogP contribution in [0.1, 0.15) is 26.2 Å². The van der Waals surface area contributed by atoms with Gasteiger partial charge in [0.25, 0.3) is 0 Å². The zero-order valence-electron chi connectivity index (χ0n) is 8.32. The lowest BCUT2D eigenvalue weighted by molar-refractivity contribution is -0.145. The van der Waals surface area contributed by atoms with E-state index >= 15 is 0 Å². The van der Waals surface area contributed by atoms with Crippen LogP contribution in [0.3, 0.4) is 0 Å². The zero-order chi connectivity index (χ0) is 10.7. The third-order valence-corrected chi connectivity index (χ3v) is 2.51. The van der Waals surface area contributed by atoms with Gasteiger partial charge >= 0.3 is 5.97 Å². The van der Waals surface area contributed by atoms with E-state index in [1.807, 2.05) is 6.92 Å². The molecule has 1 atom stereocenters. The Bertz CT molecular complexity index is 273. The normalized spacial score (nSPS) is 21.4. The summed E-state index contributed by atoms with van der Waals surface area (Å²) in [7, 11) is 0. The first-order valence-electron chi connectivity index (χ1n) is 4.75. The van der Waals surface area contributed by atoms with Crippen molar-refractivity contribution in [3.05, 3.63) is 12.2 Å². The van der Waals surface area contributed by atoms with E-state index in [0.717, 1.165) is 12.0 Å². The first-order valence-corrected chi connectivity index (χ1v) is 4.75. The van der Waals surface area contributed by atoms with Crippen molar-refractivity contribution < 1.29 is 14.7 Å². The summed E-state index contributed by atoms with van der Waals surface area (Å²) in [6, 6.07) is -0.647. The summed E-state index contributed by atoms with van der Waals surface area (Å²) in [5.41, 5.74) is 0.895. The first kappa shape index (κ1) is 10.8. The van der Waals surface area contributed by atoms with Crippen LogP contribution in [0.15, 0.2) is 12.2 Å². The Labute approximate surface area is 83.2 Å². The van der Waals surface area contributed by atoms with E-state index in [1.54, 1.807) is 0 Å². The number of rotatable bonds is 4. The van der Waals surface area contributed by atoms with Crippen molar-refractivity contribution in [2.24, 2.45) is 0 Å². The standard InChI is InChI=1S/C10H15NO3/c1-3-7(2)6-11-8(10(13)14)4-5-9(11)12/h8H,2-6H2,1H3,(H,13,14). The molecular formula is C10H15NO3. The molecule has 0 aliphatic carbocycles. The highest BCUT2D eigenvalue weighted by Crippen LogP contribution is 2.20. The van der Waals surface area contributed by atoms with Crippen molar-refractivity contribution in [3.63, 3.8) is 0 Å². The second-order valence-corrected chi connectivity index (χ2v) is 3.52. The van der Waals surface area contributed by atoms with Gasteiger partial charge in [0.15, 0.2) is 0 Å². The highest BCUT2D eigenvalue weighted by molar-refractivity contribution is 5.87. The summed E-state index contributed by atoms with van der Waals surface area (Å²) in [6.45, 7) is 6.10.